The number of aryl methyl sites for hydroxylation is 1. The van der Waals surface area contributed by atoms with Crippen molar-refractivity contribution in [3.8, 4) is 28.7 Å². The molecule has 10 aromatic carbocycles. The average molecular weight is 1220 g/mol. The summed E-state index contributed by atoms with van der Waals surface area (Å²) in [5.41, 5.74) is 8.17. The maximum atomic E-state index is 10.3. The first kappa shape index (κ1) is 66.6. The first-order valence-electron chi connectivity index (χ1n) is 30.7. The molecule has 87 heavy (non-hydrogen) atoms. The highest BCUT2D eigenvalue weighted by molar-refractivity contribution is 6.92. The zero-order chi connectivity index (χ0) is 62.5. The largest absolute Gasteiger partial charge is 0.508 e. The van der Waals surface area contributed by atoms with Gasteiger partial charge in [0.15, 0.2) is 0 Å². The van der Waals surface area contributed by atoms with E-state index in [1.807, 2.05) is 84.9 Å². The minimum Gasteiger partial charge on any atom is -0.508 e. The quantitative estimate of drug-likeness (QED) is 0.0606. The van der Waals surface area contributed by atoms with Crippen LogP contribution in [0.1, 0.15) is 51.4 Å². The summed E-state index contributed by atoms with van der Waals surface area (Å²) in [6, 6.07) is 94.3. The number of phenols is 4. The van der Waals surface area contributed by atoms with Gasteiger partial charge in [0, 0.05) is 0 Å². The highest BCUT2D eigenvalue weighted by atomic mass is 28.3. The van der Waals surface area contributed by atoms with Crippen LogP contribution >= 0.6 is 0 Å². The maximum absolute atomic E-state index is 10.3. The van der Waals surface area contributed by atoms with Gasteiger partial charge in [-0.25, -0.2) is 0 Å². The molecule has 0 aliphatic heterocycles. The number of ether oxygens (including phenoxy) is 1. The summed E-state index contributed by atoms with van der Waals surface area (Å²) in [5.74, 6) is 2.50. The molecule has 0 heterocycles. The molecule has 450 valence electrons. The van der Waals surface area contributed by atoms with Gasteiger partial charge < -0.3 is 25.2 Å². The fraction of sp³-hybridized carbons (Fsp3) is 0.231. The lowest BCUT2D eigenvalue weighted by atomic mass is 10.0. The van der Waals surface area contributed by atoms with Gasteiger partial charge in [-0.3, -0.25) is 0 Å². The molecule has 5 nitrogen and oxygen atoms in total. The van der Waals surface area contributed by atoms with Crippen molar-refractivity contribution in [2.45, 2.75) is 108 Å². The van der Waals surface area contributed by atoms with Gasteiger partial charge in [0.1, 0.15) is 28.7 Å². The van der Waals surface area contributed by atoms with E-state index < -0.39 is 32.3 Å². The normalized spacial score (nSPS) is 12.5. The Balaban J connectivity index is 0.000000168. The van der Waals surface area contributed by atoms with Crippen LogP contribution in [0.2, 0.25) is 64.0 Å². The lowest BCUT2D eigenvalue weighted by Crippen LogP contribution is -2.48. The molecule has 0 aliphatic carbocycles. The van der Waals surface area contributed by atoms with E-state index in [1.54, 1.807) is 31.4 Å². The second-order valence-corrected chi connectivity index (χ2v) is 44.6. The van der Waals surface area contributed by atoms with Crippen LogP contribution in [0.5, 0.6) is 28.7 Å². The van der Waals surface area contributed by atoms with Crippen LogP contribution in [0.25, 0.3) is 0 Å². The van der Waals surface area contributed by atoms with Crippen molar-refractivity contribution in [1.29, 1.82) is 0 Å². The Labute approximate surface area is 524 Å². The smallest absolute Gasteiger partial charge is 0.118 e. The van der Waals surface area contributed by atoms with Crippen LogP contribution in [0.15, 0.2) is 273 Å². The van der Waals surface area contributed by atoms with Crippen molar-refractivity contribution in [3.05, 3.63) is 306 Å². The predicted octanol–water partition coefficient (Wildman–Crippen LogP) is 17.2. The second kappa shape index (κ2) is 31.6. The summed E-state index contributed by atoms with van der Waals surface area (Å²) in [5, 5.41) is 46.1. The van der Waals surface area contributed by atoms with Gasteiger partial charge in [-0.05, 0) is 118 Å². The number of phenolic OH excluding ortho intramolecular Hbond substituents is 4. The molecule has 0 fully saturated rings. The summed E-state index contributed by atoms with van der Waals surface area (Å²) in [6.07, 6.45) is 3.60. The van der Waals surface area contributed by atoms with E-state index in [9.17, 15) is 20.4 Å². The molecule has 0 saturated heterocycles. The molecular formula is C78H92O5Si4. The molecule has 0 amide bonds. The molecule has 3 atom stereocenters. The molecule has 10 rings (SSSR count). The van der Waals surface area contributed by atoms with Gasteiger partial charge in [0.2, 0.25) is 0 Å². The summed E-state index contributed by atoms with van der Waals surface area (Å²) in [6.45, 7) is 21.6. The predicted molar refractivity (Wildman–Crippen MR) is 381 cm³/mol. The third-order valence-electron chi connectivity index (χ3n) is 18.2. The van der Waals surface area contributed by atoms with Crippen LogP contribution in [-0.2, 0) is 25.7 Å². The van der Waals surface area contributed by atoms with E-state index in [0.717, 1.165) is 59.7 Å². The molecule has 0 radical (unpaired) electrons. The van der Waals surface area contributed by atoms with Crippen molar-refractivity contribution >= 4 is 53.0 Å². The van der Waals surface area contributed by atoms with E-state index in [-0.39, 0.29) is 0 Å². The number of benzene rings is 10. The highest BCUT2D eigenvalue weighted by Gasteiger charge is 2.37. The van der Waals surface area contributed by atoms with Crippen molar-refractivity contribution in [2.75, 3.05) is 7.11 Å². The minimum atomic E-state index is -1.83. The summed E-state index contributed by atoms with van der Waals surface area (Å²) >= 11 is 0. The number of hydrogen-bond acceptors (Lipinski definition) is 5. The Bertz CT molecular complexity index is 3620. The average Bonchev–Trinajstić information content (AvgIpc) is 2.33. The third kappa shape index (κ3) is 18.5. The van der Waals surface area contributed by atoms with Gasteiger partial charge in [-0.2, -0.15) is 0 Å². The Morgan fingerprint density at radius 1 is 0.310 bits per heavy atom. The molecule has 0 aromatic heterocycles. The Kier molecular flexibility index (Phi) is 24.2. The number of hydrogen-bond donors (Lipinski definition) is 4. The first-order valence-corrected chi connectivity index (χ1v) is 43.1. The van der Waals surface area contributed by atoms with Crippen LogP contribution in [0.3, 0.4) is 0 Å². The Hall–Kier alpha value is -7.93. The molecule has 0 bridgehead atoms. The molecule has 3 unspecified atom stereocenters. The maximum Gasteiger partial charge on any atom is 0.118 e. The van der Waals surface area contributed by atoms with Crippen LogP contribution in [0.4, 0.5) is 0 Å². The third-order valence-corrected chi connectivity index (χ3v) is 34.3. The highest BCUT2D eigenvalue weighted by Crippen LogP contribution is 2.36. The molecule has 9 heteroatoms. The molecule has 0 spiro atoms. The summed E-state index contributed by atoms with van der Waals surface area (Å²) < 4.78 is 5.33. The van der Waals surface area contributed by atoms with E-state index in [4.69, 9.17) is 4.74 Å². The topological polar surface area (TPSA) is 90.2 Å². The number of para-hydroxylation sites is 4. The van der Waals surface area contributed by atoms with Gasteiger partial charge in [0.05, 0.1) is 39.4 Å². The van der Waals surface area contributed by atoms with Gasteiger partial charge in [0.25, 0.3) is 0 Å². The number of methoxy groups -OCH3 is 1. The van der Waals surface area contributed by atoms with Crippen molar-refractivity contribution in [2.24, 2.45) is 0 Å². The molecule has 0 aliphatic rings. The standard InChI is InChI=1S/C23H26O2Si.C22H24OSi.C17H22OSi.C16H20OSi/c1-25-20-15-13-18(14-16-20)23(17-19-9-7-8-12-22(19)24)26(2,3)21-10-5-4-6-11-21;1-24(2,20-14-7-4-8-15-20)22(18-11-5-3-6-12-18)17-19-13-9-10-16-21(19)23;1-14(13-15-9-7-8-12-17(15)18)19(2,3)16-10-5-4-6-11-16;1-18(2,15-9-4-3-5-10-15)13-12-14-8-6-7-11-16(14)17/h4-16,23-24H,17H2,1-3H3;3-16,22-23H,17H2,1-2H3;4-12,14,18H,13H2,1-3H3;3-11,17H,12-13H2,1-2H3. The van der Waals surface area contributed by atoms with Crippen LogP contribution in [-0.4, -0.2) is 59.8 Å². The first-order chi connectivity index (χ1) is 41.7. The van der Waals surface area contributed by atoms with E-state index >= 15 is 0 Å². The van der Waals surface area contributed by atoms with E-state index in [2.05, 4.69) is 223 Å². The van der Waals surface area contributed by atoms with Gasteiger partial charge in [-0.15, -0.1) is 0 Å². The fourth-order valence-electron chi connectivity index (χ4n) is 11.7. The lowest BCUT2D eigenvalue weighted by molar-refractivity contribution is 0.414. The van der Waals surface area contributed by atoms with Crippen LogP contribution < -0.4 is 25.5 Å². The summed E-state index contributed by atoms with van der Waals surface area (Å²) in [4.78, 5) is 0. The zero-order valence-electron chi connectivity index (χ0n) is 52.9. The summed E-state index contributed by atoms with van der Waals surface area (Å²) in [7, 11) is -4.81. The van der Waals surface area contributed by atoms with Gasteiger partial charge >= 0.3 is 0 Å². The number of aromatic hydroxyl groups is 4. The monoisotopic (exact) mass is 1220 g/mol. The second-order valence-electron chi connectivity index (χ2n) is 25.3. The minimum absolute atomic E-state index is 0.351. The fourth-order valence-corrected chi connectivity index (χ4v) is 22.7. The Morgan fingerprint density at radius 2 is 0.598 bits per heavy atom. The molecule has 10 aromatic rings. The SMILES string of the molecule is CC(Cc1ccccc1O)[Si](C)(C)c1ccccc1.COc1ccc(C(Cc2ccccc2O)[Si](C)(C)c2ccccc2)cc1.C[Si](C)(CCc1ccccc1O)c1ccccc1.C[Si](C)(c1ccccc1)C(Cc1ccccc1O)c1ccccc1. The van der Waals surface area contributed by atoms with Crippen molar-refractivity contribution in [1.82, 2.24) is 0 Å². The zero-order valence-corrected chi connectivity index (χ0v) is 56.9. The van der Waals surface area contributed by atoms with Crippen LogP contribution in [0, 0.1) is 0 Å². The molecule has 4 N–H and O–H groups in total. The number of rotatable bonds is 19. The van der Waals surface area contributed by atoms with Gasteiger partial charge in [-0.1, -0.05) is 317 Å². The lowest BCUT2D eigenvalue weighted by Gasteiger charge is -2.34. The molecular weight excluding hydrogens is 1130 g/mol. The van der Waals surface area contributed by atoms with E-state index in [0.29, 0.717) is 39.6 Å². The van der Waals surface area contributed by atoms with Crippen molar-refractivity contribution in [3.63, 3.8) is 0 Å². The Morgan fingerprint density at radius 3 is 0.954 bits per heavy atom. The van der Waals surface area contributed by atoms with E-state index in [1.165, 1.54) is 31.9 Å². The molecule has 0 saturated carbocycles. The van der Waals surface area contributed by atoms with Crippen molar-refractivity contribution < 1.29 is 25.2 Å².